The number of amides is 1. The molecule has 0 aliphatic heterocycles. The molecule has 0 aliphatic rings. The third kappa shape index (κ3) is 4.79. The molecule has 2 aromatic carbocycles. The van der Waals surface area contributed by atoms with Crippen LogP contribution in [0, 0.1) is 13.8 Å². The second-order valence-electron chi connectivity index (χ2n) is 6.37. The van der Waals surface area contributed by atoms with Crippen LogP contribution in [-0.4, -0.2) is 22.8 Å². The van der Waals surface area contributed by atoms with Crippen molar-refractivity contribution in [1.29, 1.82) is 0 Å². The number of nitrogens with zero attached hydrogens (tertiary/aromatic N) is 1. The average Bonchev–Trinajstić information content (AvgIpc) is 2.69. The standard InChI is InChI=1S/C22H21N3O2/c1-15-8-11-18(12-9-15)24-21(20(26)17-6-4-3-5-7-17)25-22(27)19-13-10-16(2)14-23-19/h3-14,21,24H,1-2H3,(H,25,27). The maximum absolute atomic E-state index is 12.9. The number of benzene rings is 2. The summed E-state index contributed by atoms with van der Waals surface area (Å²) in [4.78, 5) is 29.7. The van der Waals surface area contributed by atoms with E-state index < -0.39 is 12.1 Å². The van der Waals surface area contributed by atoms with Gasteiger partial charge in [-0.05, 0) is 37.6 Å². The van der Waals surface area contributed by atoms with E-state index in [1.54, 1.807) is 36.5 Å². The molecule has 136 valence electrons. The highest BCUT2D eigenvalue weighted by molar-refractivity contribution is 6.05. The zero-order chi connectivity index (χ0) is 19.2. The molecule has 0 radical (unpaired) electrons. The van der Waals surface area contributed by atoms with Gasteiger partial charge in [0.25, 0.3) is 5.91 Å². The lowest BCUT2D eigenvalue weighted by Gasteiger charge is -2.20. The smallest absolute Gasteiger partial charge is 0.271 e. The summed E-state index contributed by atoms with van der Waals surface area (Å²) >= 11 is 0. The number of nitrogens with one attached hydrogen (secondary N) is 2. The van der Waals surface area contributed by atoms with Gasteiger partial charge in [0, 0.05) is 17.4 Å². The molecule has 3 aromatic rings. The maximum atomic E-state index is 12.9. The second kappa shape index (κ2) is 8.27. The Labute approximate surface area is 158 Å². The van der Waals surface area contributed by atoms with Gasteiger partial charge in [0.05, 0.1) is 0 Å². The van der Waals surface area contributed by atoms with Gasteiger partial charge in [0.2, 0.25) is 5.78 Å². The van der Waals surface area contributed by atoms with Gasteiger partial charge >= 0.3 is 0 Å². The van der Waals surface area contributed by atoms with Crippen LogP contribution in [0.5, 0.6) is 0 Å². The summed E-state index contributed by atoms with van der Waals surface area (Å²) in [6.07, 6.45) is 0.710. The van der Waals surface area contributed by atoms with Gasteiger partial charge in [0.1, 0.15) is 5.69 Å². The van der Waals surface area contributed by atoms with E-state index in [0.717, 1.165) is 16.8 Å². The molecule has 1 heterocycles. The van der Waals surface area contributed by atoms with Crippen molar-refractivity contribution in [2.75, 3.05) is 5.32 Å². The Bertz CT molecular complexity index is 920. The first-order valence-corrected chi connectivity index (χ1v) is 8.69. The number of carbonyl (C=O) groups excluding carboxylic acids is 2. The highest BCUT2D eigenvalue weighted by Gasteiger charge is 2.23. The predicted octanol–water partition coefficient (Wildman–Crippen LogP) is 3.75. The number of ketones is 1. The lowest BCUT2D eigenvalue weighted by molar-refractivity contribution is 0.0866. The number of anilines is 1. The van der Waals surface area contributed by atoms with Crippen LogP contribution in [0.15, 0.2) is 72.9 Å². The fourth-order valence-electron chi connectivity index (χ4n) is 2.56. The number of carbonyl (C=O) groups is 2. The van der Waals surface area contributed by atoms with Crippen molar-refractivity contribution in [2.45, 2.75) is 20.0 Å². The van der Waals surface area contributed by atoms with Crippen molar-refractivity contribution < 1.29 is 9.59 Å². The van der Waals surface area contributed by atoms with E-state index in [1.165, 1.54) is 0 Å². The minimum absolute atomic E-state index is 0.225. The molecule has 27 heavy (non-hydrogen) atoms. The quantitative estimate of drug-likeness (QED) is 0.519. The highest BCUT2D eigenvalue weighted by atomic mass is 16.2. The Balaban J connectivity index is 1.84. The normalized spacial score (nSPS) is 11.5. The molecule has 1 aromatic heterocycles. The molecule has 5 heteroatoms. The zero-order valence-corrected chi connectivity index (χ0v) is 15.3. The molecule has 3 rings (SSSR count). The van der Waals surface area contributed by atoms with Gasteiger partial charge in [0.15, 0.2) is 6.17 Å². The number of hydrogen-bond donors (Lipinski definition) is 2. The fraction of sp³-hybridized carbons (Fsp3) is 0.136. The van der Waals surface area contributed by atoms with E-state index >= 15 is 0 Å². The summed E-state index contributed by atoms with van der Waals surface area (Å²) in [6, 6.07) is 19.9. The van der Waals surface area contributed by atoms with E-state index in [2.05, 4.69) is 15.6 Å². The van der Waals surface area contributed by atoms with Crippen LogP contribution >= 0.6 is 0 Å². The van der Waals surface area contributed by atoms with Crippen LogP contribution in [0.3, 0.4) is 0 Å². The summed E-state index contributed by atoms with van der Waals surface area (Å²) in [5.74, 6) is -0.638. The van der Waals surface area contributed by atoms with Gasteiger partial charge < -0.3 is 10.6 Å². The summed E-state index contributed by atoms with van der Waals surface area (Å²) in [6.45, 7) is 3.89. The molecule has 0 spiro atoms. The first-order valence-electron chi connectivity index (χ1n) is 8.69. The van der Waals surface area contributed by atoms with E-state index in [-0.39, 0.29) is 11.5 Å². The van der Waals surface area contributed by atoms with Crippen molar-refractivity contribution in [2.24, 2.45) is 0 Å². The number of rotatable bonds is 6. The largest absolute Gasteiger partial charge is 0.359 e. The number of Topliss-reactive ketones (excluding diaryl/α,β-unsaturated/α-hetero) is 1. The van der Waals surface area contributed by atoms with Gasteiger partial charge in [-0.2, -0.15) is 0 Å². The van der Waals surface area contributed by atoms with Gasteiger partial charge in [-0.3, -0.25) is 14.6 Å². The van der Waals surface area contributed by atoms with Crippen LogP contribution in [0.2, 0.25) is 0 Å². The fourth-order valence-corrected chi connectivity index (χ4v) is 2.56. The van der Waals surface area contributed by atoms with Crippen LogP contribution in [0.25, 0.3) is 0 Å². The SMILES string of the molecule is Cc1ccc(NC(NC(=O)c2ccc(C)cn2)C(=O)c2ccccc2)cc1. The Kier molecular flexibility index (Phi) is 5.61. The third-order valence-corrected chi connectivity index (χ3v) is 4.10. The summed E-state index contributed by atoms with van der Waals surface area (Å²) < 4.78 is 0. The Morgan fingerprint density at radius 1 is 0.852 bits per heavy atom. The van der Waals surface area contributed by atoms with Crippen LogP contribution in [-0.2, 0) is 0 Å². The van der Waals surface area contributed by atoms with E-state index in [4.69, 9.17) is 0 Å². The van der Waals surface area contributed by atoms with E-state index in [9.17, 15) is 9.59 Å². The summed E-state index contributed by atoms with van der Waals surface area (Å²) in [5, 5.41) is 5.86. The van der Waals surface area contributed by atoms with Crippen molar-refractivity contribution >= 4 is 17.4 Å². The molecule has 2 N–H and O–H groups in total. The molecule has 0 saturated carbocycles. The second-order valence-corrected chi connectivity index (χ2v) is 6.37. The molecule has 0 fully saturated rings. The number of aromatic nitrogens is 1. The highest BCUT2D eigenvalue weighted by Crippen LogP contribution is 2.12. The molecular weight excluding hydrogens is 338 g/mol. The monoisotopic (exact) mass is 359 g/mol. The maximum Gasteiger partial charge on any atom is 0.271 e. The number of pyridine rings is 1. The first-order chi connectivity index (χ1) is 13.0. The van der Waals surface area contributed by atoms with E-state index in [0.29, 0.717) is 5.56 Å². The van der Waals surface area contributed by atoms with Gasteiger partial charge in [-0.25, -0.2) is 0 Å². The van der Waals surface area contributed by atoms with Gasteiger partial charge in [-0.1, -0.05) is 54.1 Å². The van der Waals surface area contributed by atoms with Crippen molar-refractivity contribution in [3.05, 3.63) is 95.3 Å². The summed E-state index contributed by atoms with van der Waals surface area (Å²) in [5.41, 5.74) is 3.59. The number of hydrogen-bond acceptors (Lipinski definition) is 4. The minimum atomic E-state index is -0.911. The topological polar surface area (TPSA) is 71.1 Å². The minimum Gasteiger partial charge on any atom is -0.359 e. The lowest BCUT2D eigenvalue weighted by atomic mass is 10.1. The Morgan fingerprint density at radius 2 is 1.52 bits per heavy atom. The molecule has 1 amide bonds. The molecule has 0 bridgehead atoms. The van der Waals surface area contributed by atoms with Crippen LogP contribution < -0.4 is 10.6 Å². The van der Waals surface area contributed by atoms with Gasteiger partial charge in [-0.15, -0.1) is 0 Å². The first kappa shape index (κ1) is 18.3. The van der Waals surface area contributed by atoms with Crippen molar-refractivity contribution in [3.8, 4) is 0 Å². The van der Waals surface area contributed by atoms with Crippen molar-refractivity contribution in [1.82, 2.24) is 10.3 Å². The number of aryl methyl sites for hydroxylation is 2. The van der Waals surface area contributed by atoms with Crippen molar-refractivity contribution in [3.63, 3.8) is 0 Å². The molecule has 0 aliphatic carbocycles. The zero-order valence-electron chi connectivity index (χ0n) is 15.3. The van der Waals surface area contributed by atoms with E-state index in [1.807, 2.05) is 50.2 Å². The summed E-state index contributed by atoms with van der Waals surface area (Å²) in [7, 11) is 0. The molecule has 1 unspecified atom stereocenters. The molecular formula is C22H21N3O2. The Hall–Kier alpha value is -3.47. The Morgan fingerprint density at radius 3 is 2.15 bits per heavy atom. The lowest BCUT2D eigenvalue weighted by Crippen LogP contribution is -2.46. The van der Waals surface area contributed by atoms with Crippen LogP contribution in [0.1, 0.15) is 32.0 Å². The average molecular weight is 359 g/mol. The predicted molar refractivity (Wildman–Crippen MR) is 106 cm³/mol. The molecule has 1 atom stereocenters. The van der Waals surface area contributed by atoms with Crippen LogP contribution in [0.4, 0.5) is 5.69 Å². The molecule has 5 nitrogen and oxygen atoms in total. The third-order valence-electron chi connectivity index (χ3n) is 4.10. The molecule has 0 saturated heterocycles.